The number of hydrogen-bond donors (Lipinski definition) is 1. The van der Waals surface area contributed by atoms with E-state index in [1.165, 1.54) is 18.2 Å². The van der Waals surface area contributed by atoms with Gasteiger partial charge in [-0.2, -0.15) is 0 Å². The molecule has 168 valence electrons. The fourth-order valence-corrected chi connectivity index (χ4v) is 4.28. The lowest BCUT2D eigenvalue weighted by Gasteiger charge is -2.22. The Morgan fingerprint density at radius 1 is 1.21 bits per heavy atom. The normalized spacial score (nSPS) is 17.4. The summed E-state index contributed by atoms with van der Waals surface area (Å²) in [7, 11) is 0. The lowest BCUT2D eigenvalue weighted by atomic mass is 9.95. The second-order valence-electron chi connectivity index (χ2n) is 7.08. The van der Waals surface area contributed by atoms with Gasteiger partial charge in [-0.05, 0) is 43.7 Å². The molecule has 1 amide bonds. The van der Waals surface area contributed by atoms with Gasteiger partial charge in [0.1, 0.15) is 16.5 Å². The van der Waals surface area contributed by atoms with Gasteiger partial charge in [-0.15, -0.1) is 10.2 Å². The summed E-state index contributed by atoms with van der Waals surface area (Å²) in [6.07, 6.45) is 0. The number of rotatable bonds is 6. The summed E-state index contributed by atoms with van der Waals surface area (Å²) in [6, 6.07) is 10.8. The molecule has 0 spiro atoms. The van der Waals surface area contributed by atoms with Crippen molar-refractivity contribution < 1.29 is 24.4 Å². The number of ketones is 1. The maximum atomic E-state index is 13.1. The van der Waals surface area contributed by atoms with E-state index in [1.54, 1.807) is 37.3 Å². The number of nitro groups is 1. The van der Waals surface area contributed by atoms with E-state index < -0.39 is 28.4 Å². The smallest absolute Gasteiger partial charge is 0.301 e. The van der Waals surface area contributed by atoms with Crippen LogP contribution in [-0.2, 0) is 9.59 Å². The number of carbonyl (C=O) groups is 2. The lowest BCUT2D eigenvalue weighted by molar-refractivity contribution is -0.384. The minimum Gasteiger partial charge on any atom is -0.507 e. The van der Waals surface area contributed by atoms with E-state index in [0.29, 0.717) is 22.9 Å². The first-order valence-corrected chi connectivity index (χ1v) is 10.7. The Morgan fingerprint density at radius 3 is 2.55 bits per heavy atom. The van der Waals surface area contributed by atoms with Crippen LogP contribution in [0.3, 0.4) is 0 Å². The van der Waals surface area contributed by atoms with Crippen LogP contribution in [0.1, 0.15) is 29.1 Å². The van der Waals surface area contributed by atoms with E-state index in [4.69, 9.17) is 4.74 Å². The molecule has 10 nitrogen and oxygen atoms in total. The summed E-state index contributed by atoms with van der Waals surface area (Å²) in [5, 5.41) is 31.0. The predicted molar refractivity (Wildman–Crippen MR) is 120 cm³/mol. The summed E-state index contributed by atoms with van der Waals surface area (Å²) in [5.41, 5.74) is 0.161. The van der Waals surface area contributed by atoms with Crippen molar-refractivity contribution >= 4 is 39.6 Å². The van der Waals surface area contributed by atoms with Crippen LogP contribution in [-0.4, -0.2) is 38.5 Å². The van der Waals surface area contributed by atoms with Crippen molar-refractivity contribution in [2.75, 3.05) is 11.5 Å². The standard InChI is InChI=1S/C22H18N4O6S/c1-3-32-16-9-7-13(8-10-16)19(27)17-18(14-5-4-6-15(11-14)26(30)31)25(21(29)20(17)28)22-24-23-12(2)33-22/h4-11,18,27H,3H2,1-2H3/b19-17+. The molecule has 0 aliphatic carbocycles. The number of amides is 1. The van der Waals surface area contributed by atoms with Crippen LogP contribution in [0.2, 0.25) is 0 Å². The zero-order chi connectivity index (χ0) is 23.7. The van der Waals surface area contributed by atoms with Crippen molar-refractivity contribution in [3.8, 4) is 5.75 Å². The molecule has 0 saturated carbocycles. The molecule has 2 heterocycles. The van der Waals surface area contributed by atoms with E-state index in [1.807, 2.05) is 6.92 Å². The summed E-state index contributed by atoms with van der Waals surface area (Å²) in [5.74, 6) is -1.66. The number of aliphatic hydroxyl groups excluding tert-OH is 1. The molecule has 1 fully saturated rings. The Morgan fingerprint density at radius 2 is 1.94 bits per heavy atom. The molecule has 0 bridgehead atoms. The molecule has 1 aliphatic heterocycles. The molecule has 1 N–H and O–H groups in total. The van der Waals surface area contributed by atoms with E-state index in [0.717, 1.165) is 16.2 Å². The van der Waals surface area contributed by atoms with Gasteiger partial charge in [-0.3, -0.25) is 24.6 Å². The van der Waals surface area contributed by atoms with Crippen LogP contribution in [0.5, 0.6) is 5.75 Å². The molecular weight excluding hydrogens is 448 g/mol. The molecule has 3 aromatic rings. The Kier molecular flexibility index (Phi) is 5.88. The molecule has 0 radical (unpaired) electrons. The van der Waals surface area contributed by atoms with Crippen molar-refractivity contribution in [2.24, 2.45) is 0 Å². The number of aromatic nitrogens is 2. The maximum Gasteiger partial charge on any atom is 0.301 e. The minimum absolute atomic E-state index is 0.150. The number of benzene rings is 2. The number of ether oxygens (including phenoxy) is 1. The van der Waals surface area contributed by atoms with Crippen LogP contribution < -0.4 is 9.64 Å². The number of aliphatic hydroxyl groups is 1. The predicted octanol–water partition coefficient (Wildman–Crippen LogP) is 3.78. The third-order valence-corrected chi connectivity index (χ3v) is 5.84. The number of nitrogens with zero attached hydrogens (tertiary/aromatic N) is 4. The third kappa shape index (κ3) is 4.05. The number of non-ortho nitro benzene ring substituents is 1. The van der Waals surface area contributed by atoms with Crippen LogP contribution in [0, 0.1) is 17.0 Å². The van der Waals surface area contributed by atoms with E-state index >= 15 is 0 Å². The van der Waals surface area contributed by atoms with Crippen molar-refractivity contribution in [1.82, 2.24) is 10.2 Å². The maximum absolute atomic E-state index is 13.1. The molecule has 33 heavy (non-hydrogen) atoms. The first-order chi connectivity index (χ1) is 15.8. The van der Waals surface area contributed by atoms with Crippen LogP contribution in [0.25, 0.3) is 5.76 Å². The largest absolute Gasteiger partial charge is 0.507 e. The SMILES string of the molecule is CCOc1ccc(/C(O)=C2\C(=O)C(=O)N(c3nnc(C)s3)C2c2cccc([N+](=O)[O-])c2)cc1. The highest BCUT2D eigenvalue weighted by Gasteiger charge is 2.48. The van der Waals surface area contributed by atoms with Gasteiger partial charge in [-0.25, -0.2) is 0 Å². The number of hydrogen-bond acceptors (Lipinski definition) is 9. The highest BCUT2D eigenvalue weighted by molar-refractivity contribution is 7.15. The fraction of sp³-hybridized carbons (Fsp3) is 0.182. The lowest BCUT2D eigenvalue weighted by Crippen LogP contribution is -2.29. The average molecular weight is 466 g/mol. The molecular formula is C22H18N4O6S. The van der Waals surface area contributed by atoms with Gasteiger partial charge in [0.2, 0.25) is 5.13 Å². The number of aryl methyl sites for hydroxylation is 1. The Hall–Kier alpha value is -4.12. The molecule has 11 heteroatoms. The van der Waals surface area contributed by atoms with Gasteiger partial charge in [0, 0.05) is 17.7 Å². The molecule has 1 aromatic heterocycles. The quantitative estimate of drug-likeness (QED) is 0.191. The fourth-order valence-electron chi connectivity index (χ4n) is 3.57. The zero-order valence-electron chi connectivity index (χ0n) is 17.6. The van der Waals surface area contributed by atoms with E-state index in [-0.39, 0.29) is 22.0 Å². The van der Waals surface area contributed by atoms with Crippen LogP contribution in [0.15, 0.2) is 54.1 Å². The second kappa shape index (κ2) is 8.79. The third-order valence-electron chi connectivity index (χ3n) is 5.00. The Balaban J connectivity index is 1.91. The molecule has 1 aliphatic rings. The van der Waals surface area contributed by atoms with Crippen molar-refractivity contribution in [1.29, 1.82) is 0 Å². The second-order valence-corrected chi connectivity index (χ2v) is 8.24. The van der Waals surface area contributed by atoms with E-state index in [9.17, 15) is 24.8 Å². The highest BCUT2D eigenvalue weighted by Crippen LogP contribution is 2.43. The van der Waals surface area contributed by atoms with Crippen LogP contribution >= 0.6 is 11.3 Å². The monoisotopic (exact) mass is 466 g/mol. The number of carbonyl (C=O) groups excluding carboxylic acids is 2. The highest BCUT2D eigenvalue weighted by atomic mass is 32.1. The number of Topliss-reactive ketones (excluding diaryl/α,β-unsaturated/α-hetero) is 1. The molecule has 2 aromatic carbocycles. The van der Waals surface area contributed by atoms with Gasteiger partial charge >= 0.3 is 5.91 Å². The minimum atomic E-state index is -1.12. The van der Waals surface area contributed by atoms with Gasteiger partial charge in [0.05, 0.1) is 23.1 Å². The Bertz CT molecular complexity index is 1280. The van der Waals surface area contributed by atoms with Gasteiger partial charge < -0.3 is 9.84 Å². The van der Waals surface area contributed by atoms with Gasteiger partial charge in [0.15, 0.2) is 0 Å². The molecule has 1 atom stereocenters. The first kappa shape index (κ1) is 22.1. The molecule has 1 unspecified atom stereocenters. The van der Waals surface area contributed by atoms with Gasteiger partial charge in [-0.1, -0.05) is 23.5 Å². The van der Waals surface area contributed by atoms with E-state index in [2.05, 4.69) is 10.2 Å². The van der Waals surface area contributed by atoms with Gasteiger partial charge in [0.25, 0.3) is 11.5 Å². The van der Waals surface area contributed by atoms with Crippen LogP contribution in [0.4, 0.5) is 10.8 Å². The van der Waals surface area contributed by atoms with Crippen molar-refractivity contribution in [2.45, 2.75) is 19.9 Å². The Labute approximate surface area is 191 Å². The summed E-state index contributed by atoms with van der Waals surface area (Å²) < 4.78 is 5.40. The number of nitro benzene ring substituents is 1. The first-order valence-electron chi connectivity index (χ1n) is 9.90. The van der Waals surface area contributed by atoms with Crippen molar-refractivity contribution in [3.63, 3.8) is 0 Å². The summed E-state index contributed by atoms with van der Waals surface area (Å²) in [6.45, 7) is 3.99. The van der Waals surface area contributed by atoms with Crippen molar-refractivity contribution in [3.05, 3.63) is 80.4 Å². The zero-order valence-corrected chi connectivity index (χ0v) is 18.4. The molecule has 1 saturated heterocycles. The molecule has 4 rings (SSSR count). The average Bonchev–Trinajstić information content (AvgIpc) is 3.34. The summed E-state index contributed by atoms with van der Waals surface area (Å²) in [4.78, 5) is 38.0. The summed E-state index contributed by atoms with van der Waals surface area (Å²) >= 11 is 1.09. The number of anilines is 1. The topological polar surface area (TPSA) is 136 Å².